The second-order valence-electron chi connectivity index (χ2n) is 5.49. The summed E-state index contributed by atoms with van der Waals surface area (Å²) in [4.78, 5) is 6.47. The number of nitrogens with zero attached hydrogens (tertiary/aromatic N) is 3. The van der Waals surface area contributed by atoms with Crippen molar-refractivity contribution in [3.8, 4) is 0 Å². The van der Waals surface area contributed by atoms with Crippen LogP contribution < -0.4 is 10.2 Å². The number of benzene rings is 1. The van der Waals surface area contributed by atoms with E-state index in [2.05, 4.69) is 39.7 Å². The Morgan fingerprint density at radius 1 is 1.15 bits per heavy atom. The summed E-state index contributed by atoms with van der Waals surface area (Å²) in [6, 6.07) is 10.5. The Kier molecular flexibility index (Phi) is 3.44. The Labute approximate surface area is 119 Å². The third-order valence-corrected chi connectivity index (χ3v) is 4.01. The van der Waals surface area contributed by atoms with Gasteiger partial charge in [-0.25, -0.2) is 0 Å². The van der Waals surface area contributed by atoms with Gasteiger partial charge in [0.25, 0.3) is 5.95 Å². The third-order valence-electron chi connectivity index (χ3n) is 4.01. The highest BCUT2D eigenvalue weighted by molar-refractivity contribution is 5.35. The molecule has 5 heteroatoms. The van der Waals surface area contributed by atoms with Gasteiger partial charge in [-0.1, -0.05) is 30.3 Å². The van der Waals surface area contributed by atoms with Crippen molar-refractivity contribution in [3.05, 3.63) is 41.8 Å². The molecule has 0 amide bonds. The summed E-state index contributed by atoms with van der Waals surface area (Å²) in [6.45, 7) is 1.93. The first kappa shape index (κ1) is 13.1. The highest BCUT2D eigenvalue weighted by Crippen LogP contribution is 2.39. The molecule has 0 aliphatic carbocycles. The van der Waals surface area contributed by atoms with Gasteiger partial charge in [0.1, 0.15) is 0 Å². The number of aromatic nitrogens is 2. The van der Waals surface area contributed by atoms with E-state index in [0.717, 1.165) is 31.8 Å². The van der Waals surface area contributed by atoms with E-state index in [4.69, 9.17) is 4.52 Å². The van der Waals surface area contributed by atoms with E-state index in [1.165, 1.54) is 5.56 Å². The van der Waals surface area contributed by atoms with Crippen molar-refractivity contribution in [1.29, 1.82) is 0 Å². The SMILES string of the molecule is CN(C)c1noc(C2(c3ccccc3)CCNCC2)n1. The van der Waals surface area contributed by atoms with Gasteiger partial charge in [0, 0.05) is 14.1 Å². The van der Waals surface area contributed by atoms with Crippen LogP contribution >= 0.6 is 0 Å². The Hall–Kier alpha value is -1.88. The number of rotatable bonds is 3. The average molecular weight is 272 g/mol. The van der Waals surface area contributed by atoms with Crippen molar-refractivity contribution in [2.75, 3.05) is 32.1 Å². The van der Waals surface area contributed by atoms with Crippen molar-refractivity contribution >= 4 is 5.95 Å². The summed E-state index contributed by atoms with van der Waals surface area (Å²) in [5.41, 5.74) is 1.10. The summed E-state index contributed by atoms with van der Waals surface area (Å²) < 4.78 is 5.59. The molecule has 2 aromatic rings. The maximum Gasteiger partial charge on any atom is 0.265 e. The minimum Gasteiger partial charge on any atom is -0.344 e. The summed E-state index contributed by atoms with van der Waals surface area (Å²) in [7, 11) is 3.85. The number of anilines is 1. The molecule has 0 unspecified atom stereocenters. The minimum atomic E-state index is -0.159. The molecule has 20 heavy (non-hydrogen) atoms. The molecule has 1 fully saturated rings. The van der Waals surface area contributed by atoms with E-state index < -0.39 is 0 Å². The first-order chi connectivity index (χ1) is 9.72. The van der Waals surface area contributed by atoms with Crippen LogP contribution in [-0.2, 0) is 5.41 Å². The fourth-order valence-corrected chi connectivity index (χ4v) is 2.83. The number of piperidine rings is 1. The fourth-order valence-electron chi connectivity index (χ4n) is 2.83. The predicted molar refractivity (Wildman–Crippen MR) is 78.0 cm³/mol. The lowest BCUT2D eigenvalue weighted by atomic mass is 9.73. The van der Waals surface area contributed by atoms with Crippen LogP contribution in [0, 0.1) is 0 Å². The second-order valence-corrected chi connectivity index (χ2v) is 5.49. The molecule has 1 aromatic heterocycles. The summed E-state index contributed by atoms with van der Waals surface area (Å²) >= 11 is 0. The lowest BCUT2D eigenvalue weighted by Gasteiger charge is -2.34. The van der Waals surface area contributed by atoms with Crippen molar-refractivity contribution in [2.45, 2.75) is 18.3 Å². The smallest absolute Gasteiger partial charge is 0.265 e. The Balaban J connectivity index is 2.05. The van der Waals surface area contributed by atoms with Gasteiger partial charge in [0.2, 0.25) is 5.89 Å². The van der Waals surface area contributed by atoms with Gasteiger partial charge in [-0.05, 0) is 36.7 Å². The standard InChI is InChI=1S/C15H20N4O/c1-19(2)14-17-13(20-18-14)15(8-10-16-11-9-15)12-6-4-3-5-7-12/h3-7,16H,8-11H2,1-2H3. The molecular weight excluding hydrogens is 252 g/mol. The van der Waals surface area contributed by atoms with Crippen molar-refractivity contribution in [3.63, 3.8) is 0 Å². The molecule has 0 atom stereocenters. The molecule has 1 aliphatic heterocycles. The Bertz CT molecular complexity index is 558. The third kappa shape index (κ3) is 2.18. The van der Waals surface area contributed by atoms with Gasteiger partial charge in [0.05, 0.1) is 5.41 Å². The lowest BCUT2D eigenvalue weighted by molar-refractivity contribution is 0.260. The predicted octanol–water partition coefficient (Wildman–Crippen LogP) is 1.81. The molecule has 3 rings (SSSR count). The van der Waals surface area contributed by atoms with Crippen molar-refractivity contribution in [1.82, 2.24) is 15.5 Å². The van der Waals surface area contributed by atoms with Crippen LogP contribution in [0.25, 0.3) is 0 Å². The highest BCUT2D eigenvalue weighted by atomic mass is 16.5. The van der Waals surface area contributed by atoms with Crippen LogP contribution in [0.15, 0.2) is 34.9 Å². The van der Waals surface area contributed by atoms with Crippen LogP contribution in [0.5, 0.6) is 0 Å². The average Bonchev–Trinajstić information content (AvgIpc) is 2.99. The van der Waals surface area contributed by atoms with E-state index in [1.54, 1.807) is 0 Å². The zero-order valence-electron chi connectivity index (χ0n) is 12.0. The maximum absolute atomic E-state index is 5.59. The maximum atomic E-state index is 5.59. The van der Waals surface area contributed by atoms with E-state index in [9.17, 15) is 0 Å². The first-order valence-electron chi connectivity index (χ1n) is 7.00. The molecule has 0 saturated carbocycles. The number of nitrogens with one attached hydrogen (secondary N) is 1. The van der Waals surface area contributed by atoms with E-state index >= 15 is 0 Å². The molecule has 1 N–H and O–H groups in total. The molecule has 0 radical (unpaired) electrons. The van der Waals surface area contributed by atoms with Gasteiger partial charge < -0.3 is 14.7 Å². The van der Waals surface area contributed by atoms with Gasteiger partial charge in [-0.3, -0.25) is 0 Å². The second kappa shape index (κ2) is 5.25. The molecule has 5 nitrogen and oxygen atoms in total. The van der Waals surface area contributed by atoms with Crippen molar-refractivity contribution in [2.24, 2.45) is 0 Å². The Morgan fingerprint density at radius 3 is 2.45 bits per heavy atom. The normalized spacial score (nSPS) is 17.9. The molecule has 1 aliphatic rings. The van der Waals surface area contributed by atoms with E-state index in [1.807, 2.05) is 25.1 Å². The Morgan fingerprint density at radius 2 is 1.85 bits per heavy atom. The minimum absolute atomic E-state index is 0.159. The molecule has 0 bridgehead atoms. The quantitative estimate of drug-likeness (QED) is 0.923. The highest BCUT2D eigenvalue weighted by Gasteiger charge is 2.41. The largest absolute Gasteiger partial charge is 0.344 e. The molecule has 106 valence electrons. The molecular formula is C15H20N4O. The van der Waals surface area contributed by atoms with Gasteiger partial charge in [-0.2, -0.15) is 4.98 Å². The number of hydrogen-bond donors (Lipinski definition) is 1. The van der Waals surface area contributed by atoms with Gasteiger partial charge in [0.15, 0.2) is 0 Å². The molecule has 2 heterocycles. The van der Waals surface area contributed by atoms with E-state index in [0.29, 0.717) is 5.95 Å². The van der Waals surface area contributed by atoms with Crippen LogP contribution in [0.2, 0.25) is 0 Å². The molecule has 0 spiro atoms. The fraction of sp³-hybridized carbons (Fsp3) is 0.467. The summed E-state index contributed by atoms with van der Waals surface area (Å²) in [6.07, 6.45) is 1.96. The summed E-state index contributed by atoms with van der Waals surface area (Å²) in [5, 5.41) is 7.49. The zero-order chi connectivity index (χ0) is 14.0. The van der Waals surface area contributed by atoms with Gasteiger partial charge >= 0.3 is 0 Å². The van der Waals surface area contributed by atoms with Crippen LogP contribution in [0.4, 0.5) is 5.95 Å². The van der Waals surface area contributed by atoms with E-state index in [-0.39, 0.29) is 5.41 Å². The monoisotopic (exact) mass is 272 g/mol. The zero-order valence-corrected chi connectivity index (χ0v) is 12.0. The van der Waals surface area contributed by atoms with Crippen LogP contribution in [0.3, 0.4) is 0 Å². The first-order valence-corrected chi connectivity index (χ1v) is 7.00. The lowest BCUT2D eigenvalue weighted by Crippen LogP contribution is -2.41. The van der Waals surface area contributed by atoms with Crippen LogP contribution in [0.1, 0.15) is 24.3 Å². The molecule has 1 aromatic carbocycles. The van der Waals surface area contributed by atoms with Crippen LogP contribution in [-0.4, -0.2) is 37.3 Å². The topological polar surface area (TPSA) is 54.2 Å². The number of hydrogen-bond acceptors (Lipinski definition) is 5. The van der Waals surface area contributed by atoms with Crippen molar-refractivity contribution < 1.29 is 4.52 Å². The molecule has 1 saturated heterocycles. The summed E-state index contributed by atoms with van der Waals surface area (Å²) in [5.74, 6) is 1.36. The van der Waals surface area contributed by atoms with Gasteiger partial charge in [-0.15, -0.1) is 0 Å².